The molecule has 0 saturated heterocycles. The zero-order valence-corrected chi connectivity index (χ0v) is 16.3. The second-order valence-electron chi connectivity index (χ2n) is 7.85. The van der Waals surface area contributed by atoms with Gasteiger partial charge in [0, 0.05) is 5.56 Å². The number of hydrogen-bond acceptors (Lipinski definition) is 2. The number of phenolic OH excluding ortho intramolecular Hbond substituents is 2. The molecule has 0 aromatic heterocycles. The van der Waals surface area contributed by atoms with Gasteiger partial charge in [0.15, 0.2) is 23.1 Å². The molecule has 31 heavy (non-hydrogen) atoms. The van der Waals surface area contributed by atoms with Crippen molar-refractivity contribution in [1.82, 2.24) is 0 Å². The van der Waals surface area contributed by atoms with Crippen LogP contribution >= 0.6 is 0 Å². The molecule has 1 aliphatic carbocycles. The third kappa shape index (κ3) is 3.84. The molecule has 0 spiro atoms. The van der Waals surface area contributed by atoms with Gasteiger partial charge in [0.2, 0.25) is 11.6 Å². The lowest BCUT2D eigenvalue weighted by atomic mass is 9.75. The highest BCUT2D eigenvalue weighted by Gasteiger charge is 2.28. The summed E-state index contributed by atoms with van der Waals surface area (Å²) in [5, 5.41) is 18.5. The molecular formula is C24H19F5O2. The first-order valence-corrected chi connectivity index (χ1v) is 9.91. The van der Waals surface area contributed by atoms with Crippen molar-refractivity contribution in [1.29, 1.82) is 0 Å². The molecule has 0 heterocycles. The summed E-state index contributed by atoms with van der Waals surface area (Å²) in [6.07, 6.45) is 2.13. The molecule has 3 aromatic carbocycles. The molecule has 0 atom stereocenters. The molecule has 162 valence electrons. The molecule has 0 radical (unpaired) electrons. The highest BCUT2D eigenvalue weighted by molar-refractivity contribution is 5.66. The van der Waals surface area contributed by atoms with Crippen molar-refractivity contribution in [3.8, 4) is 22.6 Å². The lowest BCUT2D eigenvalue weighted by Gasteiger charge is -2.29. The third-order valence-corrected chi connectivity index (χ3v) is 6.07. The molecule has 2 nitrogen and oxygen atoms in total. The zero-order chi connectivity index (χ0) is 22.3. The molecule has 1 fully saturated rings. The summed E-state index contributed by atoms with van der Waals surface area (Å²) in [6, 6.07) is 8.84. The molecule has 2 N–H and O–H groups in total. The first-order chi connectivity index (χ1) is 14.8. The number of hydrogen-bond donors (Lipinski definition) is 2. The Morgan fingerprint density at radius 1 is 0.581 bits per heavy atom. The molecule has 1 saturated carbocycles. The van der Waals surface area contributed by atoms with Crippen molar-refractivity contribution in [3.63, 3.8) is 0 Å². The number of phenols is 2. The molecule has 0 bridgehead atoms. The topological polar surface area (TPSA) is 40.5 Å². The maximum Gasteiger partial charge on any atom is 0.200 e. The second kappa shape index (κ2) is 8.21. The fourth-order valence-electron chi connectivity index (χ4n) is 4.37. The van der Waals surface area contributed by atoms with E-state index < -0.39 is 40.6 Å². The summed E-state index contributed by atoms with van der Waals surface area (Å²) in [5.74, 6) is -7.45. The van der Waals surface area contributed by atoms with Gasteiger partial charge in [-0.3, -0.25) is 0 Å². The molecule has 1 aliphatic rings. The number of aromatic hydroxyl groups is 2. The van der Waals surface area contributed by atoms with E-state index in [0.29, 0.717) is 31.2 Å². The van der Waals surface area contributed by atoms with E-state index in [1.54, 1.807) is 0 Å². The van der Waals surface area contributed by atoms with Crippen LogP contribution in [0.1, 0.15) is 48.6 Å². The van der Waals surface area contributed by atoms with E-state index in [9.17, 15) is 32.2 Å². The summed E-state index contributed by atoms with van der Waals surface area (Å²) in [7, 11) is 0. The molecule has 7 heteroatoms. The van der Waals surface area contributed by atoms with Gasteiger partial charge in [-0.25, -0.2) is 13.2 Å². The van der Waals surface area contributed by atoms with Crippen LogP contribution in [0.2, 0.25) is 0 Å². The van der Waals surface area contributed by atoms with Gasteiger partial charge in [0.25, 0.3) is 0 Å². The Bertz CT molecular complexity index is 1140. The highest BCUT2D eigenvalue weighted by atomic mass is 19.2. The largest absolute Gasteiger partial charge is 0.505 e. The summed E-state index contributed by atoms with van der Waals surface area (Å²) in [4.78, 5) is 0. The average Bonchev–Trinajstić information content (AvgIpc) is 2.76. The minimum Gasteiger partial charge on any atom is -0.505 e. The summed E-state index contributed by atoms with van der Waals surface area (Å²) < 4.78 is 70.3. The highest BCUT2D eigenvalue weighted by Crippen LogP contribution is 2.43. The van der Waals surface area contributed by atoms with Gasteiger partial charge in [-0.2, -0.15) is 8.78 Å². The van der Waals surface area contributed by atoms with Crippen molar-refractivity contribution in [2.24, 2.45) is 0 Å². The van der Waals surface area contributed by atoms with E-state index in [1.807, 2.05) is 0 Å². The SMILES string of the molecule is Oc1ccc(-c2ccc(C3CCC(c4ccc(O)c(F)c4F)CC3)c(F)c2)c(F)c1F. The normalized spacial score (nSPS) is 18.9. The van der Waals surface area contributed by atoms with Gasteiger partial charge in [0.1, 0.15) is 5.82 Å². The number of halogens is 5. The number of rotatable bonds is 3. The van der Waals surface area contributed by atoms with Crippen molar-refractivity contribution < 1.29 is 32.2 Å². The maximum atomic E-state index is 14.8. The van der Waals surface area contributed by atoms with E-state index in [-0.39, 0.29) is 28.5 Å². The van der Waals surface area contributed by atoms with Crippen LogP contribution in [-0.4, -0.2) is 10.2 Å². The van der Waals surface area contributed by atoms with Crippen molar-refractivity contribution in [3.05, 3.63) is 82.7 Å². The van der Waals surface area contributed by atoms with Crippen LogP contribution in [0.5, 0.6) is 11.5 Å². The lowest BCUT2D eigenvalue weighted by Crippen LogP contribution is -2.14. The summed E-state index contributed by atoms with van der Waals surface area (Å²) >= 11 is 0. The third-order valence-electron chi connectivity index (χ3n) is 6.07. The Labute approximate surface area is 175 Å². The van der Waals surface area contributed by atoms with E-state index in [1.165, 1.54) is 24.3 Å². The van der Waals surface area contributed by atoms with E-state index in [2.05, 4.69) is 0 Å². The van der Waals surface area contributed by atoms with E-state index in [0.717, 1.165) is 18.2 Å². The fraction of sp³-hybridized carbons (Fsp3) is 0.250. The first-order valence-electron chi connectivity index (χ1n) is 9.91. The Kier molecular flexibility index (Phi) is 5.60. The Morgan fingerprint density at radius 3 is 1.71 bits per heavy atom. The predicted octanol–water partition coefficient (Wildman–Crippen LogP) is 6.90. The van der Waals surface area contributed by atoms with E-state index >= 15 is 0 Å². The van der Waals surface area contributed by atoms with Crippen LogP contribution < -0.4 is 0 Å². The second-order valence-corrected chi connectivity index (χ2v) is 7.85. The maximum absolute atomic E-state index is 14.8. The van der Waals surface area contributed by atoms with Crippen molar-refractivity contribution in [2.75, 3.05) is 0 Å². The quantitative estimate of drug-likeness (QED) is 0.440. The first kappa shape index (κ1) is 21.2. The average molecular weight is 434 g/mol. The lowest BCUT2D eigenvalue weighted by molar-refractivity contribution is 0.365. The number of benzene rings is 3. The molecule has 0 amide bonds. The monoisotopic (exact) mass is 434 g/mol. The standard InChI is InChI=1S/C24H19F5O2/c25-18-11-14(17-8-10-20(31)24(29)22(17)27)5-6-15(18)12-1-3-13(4-2-12)16-7-9-19(30)23(28)21(16)26/h5-13,30-31H,1-4H2. The van der Waals surface area contributed by atoms with Gasteiger partial charge in [-0.1, -0.05) is 18.2 Å². The molecule has 3 aromatic rings. The summed E-state index contributed by atoms with van der Waals surface area (Å²) in [5.41, 5.74) is 0.621. The minimum atomic E-state index is -1.39. The van der Waals surface area contributed by atoms with Gasteiger partial charge >= 0.3 is 0 Å². The van der Waals surface area contributed by atoms with E-state index in [4.69, 9.17) is 0 Å². The molecule has 0 aliphatic heterocycles. The fourth-order valence-corrected chi connectivity index (χ4v) is 4.37. The van der Waals surface area contributed by atoms with Gasteiger partial charge in [-0.05, 0) is 78.5 Å². The summed E-state index contributed by atoms with van der Waals surface area (Å²) in [6.45, 7) is 0. The molecule has 4 rings (SSSR count). The van der Waals surface area contributed by atoms with Crippen LogP contribution in [0, 0.1) is 29.1 Å². The van der Waals surface area contributed by atoms with Crippen LogP contribution in [-0.2, 0) is 0 Å². The molecular weight excluding hydrogens is 415 g/mol. The minimum absolute atomic E-state index is 0.142. The predicted molar refractivity (Wildman–Crippen MR) is 105 cm³/mol. The van der Waals surface area contributed by atoms with Gasteiger partial charge in [0.05, 0.1) is 0 Å². The smallest absolute Gasteiger partial charge is 0.200 e. The Balaban J connectivity index is 1.52. The van der Waals surface area contributed by atoms with Crippen molar-refractivity contribution >= 4 is 0 Å². The van der Waals surface area contributed by atoms with Crippen molar-refractivity contribution in [2.45, 2.75) is 37.5 Å². The van der Waals surface area contributed by atoms with Gasteiger partial charge < -0.3 is 10.2 Å². The van der Waals surface area contributed by atoms with Crippen LogP contribution in [0.15, 0.2) is 42.5 Å². The zero-order valence-electron chi connectivity index (χ0n) is 16.3. The Morgan fingerprint density at radius 2 is 1.10 bits per heavy atom. The molecule has 0 unspecified atom stereocenters. The van der Waals surface area contributed by atoms with Crippen LogP contribution in [0.3, 0.4) is 0 Å². The van der Waals surface area contributed by atoms with Gasteiger partial charge in [-0.15, -0.1) is 0 Å². The van der Waals surface area contributed by atoms with Crippen LogP contribution in [0.4, 0.5) is 22.0 Å². The Hall–Kier alpha value is -3.09. The van der Waals surface area contributed by atoms with Crippen LogP contribution in [0.25, 0.3) is 11.1 Å².